The third-order valence-corrected chi connectivity index (χ3v) is 7.37. The molecule has 0 aliphatic carbocycles. The number of aryl methyl sites for hydroxylation is 3. The summed E-state index contributed by atoms with van der Waals surface area (Å²) in [6.07, 6.45) is 1.79. The number of rotatable bonds is 6. The Morgan fingerprint density at radius 3 is 2.35 bits per heavy atom. The lowest BCUT2D eigenvalue weighted by Gasteiger charge is -2.28. The zero-order valence-corrected chi connectivity index (χ0v) is 22.3. The molecule has 7 heteroatoms. The second-order valence-electron chi connectivity index (χ2n) is 9.57. The van der Waals surface area contributed by atoms with Crippen LogP contribution < -0.4 is 10.6 Å². The number of pyridine rings is 1. The van der Waals surface area contributed by atoms with Crippen molar-refractivity contribution in [3.8, 4) is 5.69 Å². The molecule has 2 aromatic carbocycles. The lowest BCUT2D eigenvalue weighted by atomic mass is 9.96. The van der Waals surface area contributed by atoms with E-state index in [1.54, 1.807) is 6.20 Å². The van der Waals surface area contributed by atoms with Gasteiger partial charge in [-0.25, -0.2) is 0 Å². The molecule has 0 saturated carbocycles. The van der Waals surface area contributed by atoms with Gasteiger partial charge in [0.1, 0.15) is 6.54 Å². The van der Waals surface area contributed by atoms with E-state index in [9.17, 15) is 4.79 Å². The van der Waals surface area contributed by atoms with E-state index in [0.29, 0.717) is 5.11 Å². The van der Waals surface area contributed by atoms with Crippen molar-refractivity contribution >= 4 is 28.9 Å². The third-order valence-electron chi connectivity index (χ3n) is 7.02. The molecule has 188 valence electrons. The summed E-state index contributed by atoms with van der Waals surface area (Å²) in [6.45, 7) is 8.69. The van der Waals surface area contributed by atoms with Crippen LogP contribution in [0.4, 0.5) is 5.69 Å². The van der Waals surface area contributed by atoms with Gasteiger partial charge in [0.15, 0.2) is 5.11 Å². The van der Waals surface area contributed by atoms with E-state index in [2.05, 4.69) is 72.1 Å². The Labute approximate surface area is 223 Å². The molecule has 2 atom stereocenters. The maximum Gasteiger partial charge on any atom is 0.244 e. The first-order chi connectivity index (χ1) is 17.8. The second-order valence-corrected chi connectivity index (χ2v) is 9.96. The smallest absolute Gasteiger partial charge is 0.244 e. The van der Waals surface area contributed by atoms with Crippen molar-refractivity contribution in [3.05, 3.63) is 113 Å². The lowest BCUT2D eigenvalue weighted by Crippen LogP contribution is -2.37. The SMILES string of the molecule is Cc1cccc(C)c1-n1c(C)cc(C2C(c3ccccn3)NC(=S)N2CC(=O)Nc2ccccc2)c1C. The van der Waals surface area contributed by atoms with Crippen molar-refractivity contribution in [1.29, 1.82) is 0 Å². The largest absolute Gasteiger partial charge is 0.352 e. The number of hydrogen-bond donors (Lipinski definition) is 2. The Morgan fingerprint density at radius 2 is 1.68 bits per heavy atom. The molecule has 1 amide bonds. The Hall–Kier alpha value is -3.97. The average molecular weight is 510 g/mol. The first-order valence-corrected chi connectivity index (χ1v) is 12.8. The van der Waals surface area contributed by atoms with Gasteiger partial charge in [-0.15, -0.1) is 0 Å². The molecule has 2 N–H and O–H groups in total. The maximum absolute atomic E-state index is 13.1. The highest BCUT2D eigenvalue weighted by molar-refractivity contribution is 7.80. The lowest BCUT2D eigenvalue weighted by molar-refractivity contribution is -0.116. The number of nitrogens with one attached hydrogen (secondary N) is 2. The molecule has 4 aromatic rings. The number of carbonyl (C=O) groups is 1. The van der Waals surface area contributed by atoms with Gasteiger partial charge < -0.3 is 20.1 Å². The minimum absolute atomic E-state index is 0.120. The molecule has 2 unspecified atom stereocenters. The van der Waals surface area contributed by atoms with Crippen LogP contribution in [0, 0.1) is 27.7 Å². The zero-order valence-electron chi connectivity index (χ0n) is 21.5. The molecule has 37 heavy (non-hydrogen) atoms. The number of hydrogen-bond acceptors (Lipinski definition) is 3. The Morgan fingerprint density at radius 1 is 0.973 bits per heavy atom. The summed E-state index contributed by atoms with van der Waals surface area (Å²) in [6, 6.07) is 23.6. The minimum Gasteiger partial charge on any atom is -0.352 e. The summed E-state index contributed by atoms with van der Waals surface area (Å²) in [7, 11) is 0. The van der Waals surface area contributed by atoms with Crippen LogP contribution in [-0.2, 0) is 4.79 Å². The number of carbonyl (C=O) groups excluding carboxylic acids is 1. The summed E-state index contributed by atoms with van der Waals surface area (Å²) in [5, 5.41) is 7.00. The molecule has 6 nitrogen and oxygen atoms in total. The Balaban J connectivity index is 1.57. The molecule has 1 fully saturated rings. The summed E-state index contributed by atoms with van der Waals surface area (Å²) in [4.78, 5) is 19.8. The first kappa shape index (κ1) is 24.7. The van der Waals surface area contributed by atoms with Gasteiger partial charge in [-0.05, 0) is 86.9 Å². The zero-order chi connectivity index (χ0) is 26.1. The molecular formula is C30H31N5OS. The van der Waals surface area contributed by atoms with Crippen LogP contribution in [0.15, 0.2) is 79.0 Å². The molecule has 0 radical (unpaired) electrons. The highest BCUT2D eigenvalue weighted by Gasteiger charge is 2.42. The normalized spacial score (nSPS) is 17.1. The van der Waals surface area contributed by atoms with Crippen LogP contribution in [0.3, 0.4) is 0 Å². The van der Waals surface area contributed by atoms with E-state index >= 15 is 0 Å². The quantitative estimate of drug-likeness (QED) is 0.326. The van der Waals surface area contributed by atoms with E-state index in [4.69, 9.17) is 12.2 Å². The summed E-state index contributed by atoms with van der Waals surface area (Å²) in [5.41, 5.74) is 8.66. The highest BCUT2D eigenvalue weighted by Crippen LogP contribution is 2.41. The molecule has 1 saturated heterocycles. The number of para-hydroxylation sites is 2. The third kappa shape index (κ3) is 4.74. The molecule has 3 heterocycles. The number of aromatic nitrogens is 2. The van der Waals surface area contributed by atoms with E-state index < -0.39 is 0 Å². The van der Waals surface area contributed by atoms with Crippen molar-refractivity contribution in [2.24, 2.45) is 0 Å². The van der Waals surface area contributed by atoms with Crippen LogP contribution in [0.2, 0.25) is 0 Å². The number of amides is 1. The van der Waals surface area contributed by atoms with Gasteiger partial charge in [-0.1, -0.05) is 42.5 Å². The van der Waals surface area contributed by atoms with E-state index in [0.717, 1.165) is 28.3 Å². The molecule has 5 rings (SSSR count). The molecular weight excluding hydrogens is 478 g/mol. The fraction of sp³-hybridized carbons (Fsp3) is 0.233. The summed E-state index contributed by atoms with van der Waals surface area (Å²) in [5.74, 6) is -0.120. The molecule has 0 bridgehead atoms. The van der Waals surface area contributed by atoms with Gasteiger partial charge in [-0.3, -0.25) is 9.78 Å². The fourth-order valence-electron chi connectivity index (χ4n) is 5.38. The van der Waals surface area contributed by atoms with Gasteiger partial charge in [0.25, 0.3) is 0 Å². The van der Waals surface area contributed by atoms with E-state index in [1.165, 1.54) is 16.8 Å². The first-order valence-electron chi connectivity index (χ1n) is 12.4. The predicted molar refractivity (Wildman–Crippen MR) is 152 cm³/mol. The number of nitrogens with zero attached hydrogens (tertiary/aromatic N) is 3. The Bertz CT molecular complexity index is 1430. The molecule has 2 aromatic heterocycles. The van der Waals surface area contributed by atoms with E-state index in [-0.39, 0.29) is 24.5 Å². The van der Waals surface area contributed by atoms with Crippen LogP contribution in [0.25, 0.3) is 5.69 Å². The van der Waals surface area contributed by atoms with Crippen LogP contribution in [-0.4, -0.2) is 32.0 Å². The van der Waals surface area contributed by atoms with Crippen molar-refractivity contribution < 1.29 is 4.79 Å². The number of anilines is 1. The summed E-state index contributed by atoms with van der Waals surface area (Å²) < 4.78 is 2.32. The predicted octanol–water partition coefficient (Wildman–Crippen LogP) is 5.72. The van der Waals surface area contributed by atoms with Crippen LogP contribution in [0.1, 0.15) is 45.9 Å². The second kappa shape index (κ2) is 10.2. The minimum atomic E-state index is -0.201. The van der Waals surface area contributed by atoms with Crippen molar-refractivity contribution in [3.63, 3.8) is 0 Å². The van der Waals surface area contributed by atoms with Crippen molar-refractivity contribution in [2.75, 3.05) is 11.9 Å². The van der Waals surface area contributed by atoms with Gasteiger partial charge in [-0.2, -0.15) is 0 Å². The van der Waals surface area contributed by atoms with E-state index in [1.807, 2.05) is 53.4 Å². The van der Waals surface area contributed by atoms with Crippen LogP contribution >= 0.6 is 12.2 Å². The van der Waals surface area contributed by atoms with Gasteiger partial charge in [0.2, 0.25) is 5.91 Å². The average Bonchev–Trinajstić information content (AvgIpc) is 3.35. The monoisotopic (exact) mass is 509 g/mol. The fourth-order valence-corrected chi connectivity index (χ4v) is 5.69. The number of thiocarbonyl (C=S) groups is 1. The number of benzene rings is 2. The molecule has 1 aliphatic rings. The van der Waals surface area contributed by atoms with Gasteiger partial charge in [0, 0.05) is 23.3 Å². The van der Waals surface area contributed by atoms with Crippen LogP contribution in [0.5, 0.6) is 0 Å². The Kier molecular flexibility index (Phi) is 6.80. The van der Waals surface area contributed by atoms with Crippen molar-refractivity contribution in [2.45, 2.75) is 39.8 Å². The van der Waals surface area contributed by atoms with Crippen molar-refractivity contribution in [1.82, 2.24) is 19.8 Å². The maximum atomic E-state index is 13.1. The van der Waals surface area contributed by atoms with Gasteiger partial charge in [0.05, 0.1) is 23.5 Å². The molecule has 1 aliphatic heterocycles. The molecule has 0 spiro atoms. The highest BCUT2D eigenvalue weighted by atomic mass is 32.1. The topological polar surface area (TPSA) is 62.2 Å². The summed E-state index contributed by atoms with van der Waals surface area (Å²) >= 11 is 5.80. The standard InChI is InChI=1S/C30H31N5OS/c1-19-11-10-12-20(2)28(19)35-21(3)17-24(22(35)4)29-27(25-15-8-9-16-31-25)33-30(37)34(29)18-26(36)32-23-13-6-5-7-14-23/h5-17,27,29H,18H2,1-4H3,(H,32,36)(H,33,37). The van der Waals surface area contributed by atoms with Gasteiger partial charge >= 0.3 is 0 Å².